The molecule has 1 aromatic rings. The van der Waals surface area contributed by atoms with Crippen LogP contribution in [-0.2, 0) is 25.6 Å². The normalized spacial score (nSPS) is 28.8. The minimum atomic E-state index is -2.86. The zero-order chi connectivity index (χ0) is 29.8. The summed E-state index contributed by atoms with van der Waals surface area (Å²) >= 11 is 0. The van der Waals surface area contributed by atoms with Gasteiger partial charge in [0.25, 0.3) is 5.91 Å². The summed E-state index contributed by atoms with van der Waals surface area (Å²) in [5, 5.41) is 46.8. The Morgan fingerprint density at radius 1 is 1.10 bits per heavy atom. The summed E-state index contributed by atoms with van der Waals surface area (Å²) in [6.45, 7) is 1.48. The highest BCUT2D eigenvalue weighted by Gasteiger charge is 2.63. The molecule has 0 spiro atoms. The standard InChI is InChI=1S/C28H33FN4O8/c29-15-10-16(32-17(34)11-33-6-4-2-1-3-5-7-33)22(35)19-13(15)8-12-9-14-21(30)24(37)20(27(31)40)26(39)28(14,41)25(38)18(12)23(19)36/h10,12,14,21,35-36,39,41H,1-9,11,30H2,(H2,31,40)(H,32,34)/t12-,14-,21-,28-/m0/s1. The number of anilines is 1. The van der Waals surface area contributed by atoms with Gasteiger partial charge in [-0.15, -0.1) is 0 Å². The van der Waals surface area contributed by atoms with E-state index in [9.17, 15) is 39.6 Å². The number of nitrogens with zero attached hydrogens (tertiary/aromatic N) is 1. The third kappa shape index (κ3) is 4.57. The van der Waals surface area contributed by atoms with Gasteiger partial charge >= 0.3 is 0 Å². The first-order valence-corrected chi connectivity index (χ1v) is 13.7. The fraction of sp³-hybridized carbons (Fsp3) is 0.500. The van der Waals surface area contributed by atoms with Crippen LogP contribution in [0.2, 0.25) is 0 Å². The molecule has 41 heavy (non-hydrogen) atoms. The van der Waals surface area contributed by atoms with E-state index in [0.717, 1.165) is 51.3 Å². The molecule has 2 amide bonds. The summed E-state index contributed by atoms with van der Waals surface area (Å²) in [6.07, 6.45) is 4.72. The molecule has 4 aliphatic rings. The van der Waals surface area contributed by atoms with Crippen LogP contribution in [0.15, 0.2) is 23.0 Å². The molecule has 13 heteroatoms. The smallest absolute Gasteiger partial charge is 0.255 e. The molecule has 0 unspecified atom stereocenters. The number of fused-ring (bicyclic) bond motifs is 3. The van der Waals surface area contributed by atoms with Crippen molar-refractivity contribution < 1.29 is 44.0 Å². The van der Waals surface area contributed by atoms with Crippen LogP contribution in [0.1, 0.15) is 49.7 Å². The highest BCUT2D eigenvalue weighted by Crippen LogP contribution is 2.52. The van der Waals surface area contributed by atoms with Gasteiger partial charge in [0.15, 0.2) is 17.1 Å². The Hall–Kier alpha value is -3.81. The predicted octanol–water partition coefficient (Wildman–Crippen LogP) is 0.705. The van der Waals surface area contributed by atoms with Gasteiger partial charge < -0.3 is 37.2 Å². The number of aromatic hydroxyl groups is 1. The number of halogens is 1. The number of likely N-dealkylation sites (tertiary alicyclic amines) is 1. The van der Waals surface area contributed by atoms with Crippen LogP contribution < -0.4 is 16.8 Å². The summed E-state index contributed by atoms with van der Waals surface area (Å²) in [6, 6.07) is -0.653. The van der Waals surface area contributed by atoms with Crippen molar-refractivity contribution in [1.82, 2.24) is 4.90 Å². The van der Waals surface area contributed by atoms with Crippen molar-refractivity contribution in [2.45, 2.75) is 56.6 Å². The zero-order valence-corrected chi connectivity index (χ0v) is 22.3. The average Bonchev–Trinajstić information content (AvgIpc) is 2.89. The van der Waals surface area contributed by atoms with Gasteiger partial charge in [-0.3, -0.25) is 24.1 Å². The number of primary amides is 1. The van der Waals surface area contributed by atoms with Crippen molar-refractivity contribution in [2.75, 3.05) is 25.0 Å². The summed E-state index contributed by atoms with van der Waals surface area (Å²) in [7, 11) is 0. The topological polar surface area (TPSA) is 217 Å². The lowest BCUT2D eigenvalue weighted by atomic mass is 9.58. The first-order valence-electron chi connectivity index (χ1n) is 13.7. The first-order chi connectivity index (χ1) is 19.4. The minimum Gasteiger partial charge on any atom is -0.508 e. The maximum absolute atomic E-state index is 15.4. The maximum atomic E-state index is 15.4. The predicted molar refractivity (Wildman–Crippen MR) is 143 cm³/mol. The highest BCUT2D eigenvalue weighted by atomic mass is 19.1. The Bertz CT molecular complexity index is 1410. The van der Waals surface area contributed by atoms with E-state index < -0.39 is 86.7 Å². The number of carbonyl (C=O) groups excluding carboxylic acids is 4. The third-order valence-electron chi connectivity index (χ3n) is 8.79. The van der Waals surface area contributed by atoms with E-state index in [-0.39, 0.29) is 30.6 Å². The van der Waals surface area contributed by atoms with Gasteiger partial charge in [0.1, 0.15) is 22.9 Å². The Labute approximate surface area is 234 Å². The lowest BCUT2D eigenvalue weighted by Crippen LogP contribution is -2.65. The number of hydrogen-bond acceptors (Lipinski definition) is 10. The molecule has 0 radical (unpaired) electrons. The minimum absolute atomic E-state index is 0.0208. The molecule has 1 saturated carbocycles. The van der Waals surface area contributed by atoms with Crippen LogP contribution in [0.5, 0.6) is 5.75 Å². The van der Waals surface area contributed by atoms with Gasteiger partial charge in [-0.2, -0.15) is 0 Å². The summed E-state index contributed by atoms with van der Waals surface area (Å²) in [5.74, 6) is -10.2. The van der Waals surface area contributed by atoms with Gasteiger partial charge in [0, 0.05) is 23.1 Å². The largest absolute Gasteiger partial charge is 0.508 e. The summed E-state index contributed by atoms with van der Waals surface area (Å²) in [4.78, 5) is 52.9. The Kier molecular flexibility index (Phi) is 7.38. The quantitative estimate of drug-likeness (QED) is 0.198. The van der Waals surface area contributed by atoms with Gasteiger partial charge in [0.05, 0.1) is 23.8 Å². The van der Waals surface area contributed by atoms with Crippen LogP contribution in [-0.4, -0.2) is 80.0 Å². The van der Waals surface area contributed by atoms with E-state index in [1.807, 2.05) is 4.90 Å². The number of hydrogen-bond donors (Lipinski definition) is 7. The Balaban J connectivity index is 1.51. The van der Waals surface area contributed by atoms with Crippen LogP contribution in [0, 0.1) is 17.7 Å². The van der Waals surface area contributed by atoms with Crippen molar-refractivity contribution in [3.05, 3.63) is 39.9 Å². The molecule has 4 atom stereocenters. The Morgan fingerprint density at radius 2 is 1.73 bits per heavy atom. The average molecular weight is 573 g/mol. The highest BCUT2D eigenvalue weighted by molar-refractivity contribution is 6.24. The van der Waals surface area contributed by atoms with Gasteiger partial charge in [0.2, 0.25) is 11.7 Å². The maximum Gasteiger partial charge on any atom is 0.255 e. The first kappa shape index (κ1) is 28.7. The molecule has 1 aromatic carbocycles. The summed E-state index contributed by atoms with van der Waals surface area (Å²) < 4.78 is 15.4. The van der Waals surface area contributed by atoms with E-state index in [2.05, 4.69) is 5.32 Å². The third-order valence-corrected chi connectivity index (χ3v) is 8.79. The number of phenolic OH excluding ortho intramolecular Hbond substituents is 1. The van der Waals surface area contributed by atoms with E-state index in [4.69, 9.17) is 11.5 Å². The molecule has 9 N–H and O–H groups in total. The monoisotopic (exact) mass is 572 g/mol. The lowest BCUT2D eigenvalue weighted by molar-refractivity contribution is -0.149. The number of aliphatic hydroxyl groups is 3. The molecular weight excluding hydrogens is 539 g/mol. The molecular formula is C28H33FN4O8. The van der Waals surface area contributed by atoms with E-state index >= 15 is 4.39 Å². The molecule has 5 rings (SSSR count). The molecule has 3 aliphatic carbocycles. The number of nitrogens with one attached hydrogen (secondary N) is 1. The molecule has 0 bridgehead atoms. The zero-order valence-electron chi connectivity index (χ0n) is 22.3. The molecule has 2 fully saturated rings. The molecule has 0 aromatic heterocycles. The van der Waals surface area contributed by atoms with Crippen molar-refractivity contribution in [1.29, 1.82) is 0 Å². The number of nitrogens with two attached hydrogens (primary N) is 2. The van der Waals surface area contributed by atoms with Crippen LogP contribution in [0.4, 0.5) is 10.1 Å². The summed E-state index contributed by atoms with van der Waals surface area (Å²) in [5.41, 5.74) is 5.97. The number of Topliss-reactive ketones (excluding diaryl/α,β-unsaturated/α-hetero) is 2. The van der Waals surface area contributed by atoms with Crippen molar-refractivity contribution in [3.8, 4) is 5.75 Å². The fourth-order valence-electron chi connectivity index (χ4n) is 6.70. The van der Waals surface area contributed by atoms with E-state index in [1.165, 1.54) is 0 Å². The number of ketones is 2. The molecule has 1 saturated heterocycles. The molecule has 220 valence electrons. The number of aliphatic hydroxyl groups excluding tert-OH is 2. The second-order valence-electron chi connectivity index (χ2n) is 11.3. The van der Waals surface area contributed by atoms with E-state index in [1.54, 1.807) is 0 Å². The van der Waals surface area contributed by atoms with Crippen molar-refractivity contribution in [2.24, 2.45) is 23.3 Å². The number of amides is 2. The van der Waals surface area contributed by atoms with Gasteiger partial charge in [-0.05, 0) is 44.7 Å². The van der Waals surface area contributed by atoms with Gasteiger partial charge in [-0.1, -0.05) is 19.3 Å². The number of phenols is 1. The van der Waals surface area contributed by atoms with Gasteiger partial charge in [-0.25, -0.2) is 4.39 Å². The fourth-order valence-corrected chi connectivity index (χ4v) is 6.70. The van der Waals surface area contributed by atoms with Crippen LogP contribution >= 0.6 is 0 Å². The number of benzene rings is 1. The van der Waals surface area contributed by atoms with Crippen LogP contribution in [0.25, 0.3) is 5.76 Å². The Morgan fingerprint density at radius 3 is 2.37 bits per heavy atom. The lowest BCUT2D eigenvalue weighted by Gasteiger charge is -2.48. The van der Waals surface area contributed by atoms with E-state index in [0.29, 0.717) is 0 Å². The SMILES string of the molecule is NC(=O)C1=C(O)[C@@]2(O)C(=O)C3=C(O)c4c(O)c(NC(=O)CN5CCCCCCC5)cc(F)c4C[C@H]3C[C@H]2[C@H](N)C1=O. The molecule has 12 nitrogen and oxygen atoms in total. The number of carbonyl (C=O) groups is 4. The van der Waals surface area contributed by atoms with Crippen LogP contribution in [0.3, 0.4) is 0 Å². The molecule has 1 heterocycles. The van der Waals surface area contributed by atoms with Crippen molar-refractivity contribution in [3.63, 3.8) is 0 Å². The second-order valence-corrected chi connectivity index (χ2v) is 11.3. The van der Waals surface area contributed by atoms with Crippen molar-refractivity contribution >= 4 is 34.8 Å². The number of rotatable bonds is 4. The molecule has 1 aliphatic heterocycles. The second kappa shape index (κ2) is 10.5.